The quantitative estimate of drug-likeness (QED) is 0.225. The summed E-state index contributed by atoms with van der Waals surface area (Å²) in [6.45, 7) is 2.79. The molecule has 0 bridgehead atoms. The number of halogens is 1. The number of carbonyl (C=O) groups excluding carboxylic acids is 1. The van der Waals surface area contributed by atoms with Gasteiger partial charge in [-0.15, -0.1) is 0 Å². The van der Waals surface area contributed by atoms with E-state index in [9.17, 15) is 10.1 Å². The second kappa shape index (κ2) is 11.0. The van der Waals surface area contributed by atoms with Crippen LogP contribution < -0.4 is 19.9 Å². The third kappa shape index (κ3) is 5.59. The average Bonchev–Trinajstić information content (AvgIpc) is 2.86. The van der Waals surface area contributed by atoms with E-state index in [4.69, 9.17) is 31.5 Å². The molecule has 0 saturated carbocycles. The normalized spacial score (nSPS) is 14.5. The molecule has 0 amide bonds. The Morgan fingerprint density at radius 2 is 1.77 bits per heavy atom. The lowest BCUT2D eigenvalue weighted by Crippen LogP contribution is -2.21. The Hall–Kier alpha value is -3.95. The molecule has 178 valence electrons. The summed E-state index contributed by atoms with van der Waals surface area (Å²) in [6.07, 6.45) is 3.25. The van der Waals surface area contributed by atoms with Gasteiger partial charge in [0, 0.05) is 16.7 Å². The van der Waals surface area contributed by atoms with Crippen LogP contribution in [0.25, 0.3) is 0 Å². The summed E-state index contributed by atoms with van der Waals surface area (Å²) in [6, 6.07) is 21.2. The van der Waals surface area contributed by atoms with Crippen LogP contribution in [-0.4, -0.2) is 12.6 Å². The van der Waals surface area contributed by atoms with E-state index in [0.717, 1.165) is 30.4 Å². The monoisotopic (exact) mass is 488 g/mol. The van der Waals surface area contributed by atoms with Gasteiger partial charge >= 0.3 is 5.97 Å². The van der Waals surface area contributed by atoms with Gasteiger partial charge in [0.1, 0.15) is 28.9 Å². The van der Waals surface area contributed by atoms with Crippen molar-refractivity contribution in [2.45, 2.75) is 32.1 Å². The number of allylic oxidation sites excluding steroid dienone is 1. The molecule has 0 radical (unpaired) electrons. The van der Waals surface area contributed by atoms with Crippen molar-refractivity contribution in [2.24, 2.45) is 5.73 Å². The summed E-state index contributed by atoms with van der Waals surface area (Å²) in [7, 11) is 0. The summed E-state index contributed by atoms with van der Waals surface area (Å²) >= 11 is 6.03. The lowest BCUT2D eigenvalue weighted by Gasteiger charge is -2.26. The SMILES string of the molecule is CCCCCOc1ccc(C(=O)Oc2ccc3c(c2)OC(N)=C(C#N)C3c2ccc(Cl)cc2)cc1. The van der Waals surface area contributed by atoms with Crippen LogP contribution in [-0.2, 0) is 0 Å². The van der Waals surface area contributed by atoms with Gasteiger partial charge in [-0.1, -0.05) is 49.6 Å². The maximum absolute atomic E-state index is 12.7. The zero-order valence-corrected chi connectivity index (χ0v) is 20.0. The highest BCUT2D eigenvalue weighted by atomic mass is 35.5. The first-order valence-electron chi connectivity index (χ1n) is 11.4. The van der Waals surface area contributed by atoms with Crippen molar-refractivity contribution >= 4 is 17.6 Å². The predicted octanol–water partition coefficient (Wildman–Crippen LogP) is 6.35. The molecule has 3 aromatic carbocycles. The first-order valence-corrected chi connectivity index (χ1v) is 11.8. The molecule has 1 aliphatic heterocycles. The van der Waals surface area contributed by atoms with Crippen LogP contribution in [0.1, 0.15) is 53.6 Å². The van der Waals surface area contributed by atoms with Crippen molar-refractivity contribution in [3.63, 3.8) is 0 Å². The van der Waals surface area contributed by atoms with Gasteiger partial charge < -0.3 is 19.9 Å². The molecule has 7 heteroatoms. The maximum atomic E-state index is 12.7. The molecule has 35 heavy (non-hydrogen) atoms. The number of fused-ring (bicyclic) bond motifs is 1. The van der Waals surface area contributed by atoms with Gasteiger partial charge in [-0.25, -0.2) is 4.79 Å². The van der Waals surface area contributed by atoms with Crippen LogP contribution in [0, 0.1) is 11.3 Å². The molecule has 1 unspecified atom stereocenters. The van der Waals surface area contributed by atoms with Crippen molar-refractivity contribution in [1.82, 2.24) is 0 Å². The fraction of sp³-hybridized carbons (Fsp3) is 0.214. The maximum Gasteiger partial charge on any atom is 0.343 e. The zero-order valence-electron chi connectivity index (χ0n) is 19.3. The number of nitrogens with two attached hydrogens (primary N) is 1. The van der Waals surface area contributed by atoms with Gasteiger partial charge in [0.25, 0.3) is 0 Å². The average molecular weight is 489 g/mol. The van der Waals surface area contributed by atoms with E-state index in [2.05, 4.69) is 13.0 Å². The number of nitriles is 1. The fourth-order valence-corrected chi connectivity index (χ4v) is 4.02. The molecule has 0 spiro atoms. The molecular formula is C28H25ClN2O4. The van der Waals surface area contributed by atoms with Crippen LogP contribution in [0.15, 0.2) is 78.2 Å². The number of hydrogen-bond acceptors (Lipinski definition) is 6. The molecule has 2 N–H and O–H groups in total. The van der Waals surface area contributed by atoms with E-state index in [1.54, 1.807) is 54.6 Å². The Labute approximate surface area is 209 Å². The lowest BCUT2D eigenvalue weighted by molar-refractivity contribution is 0.0734. The third-order valence-electron chi connectivity index (χ3n) is 5.71. The summed E-state index contributed by atoms with van der Waals surface area (Å²) in [5.74, 6) is 0.519. The van der Waals surface area contributed by atoms with Gasteiger partial charge in [0.2, 0.25) is 5.88 Å². The Morgan fingerprint density at radius 3 is 2.46 bits per heavy atom. The van der Waals surface area contributed by atoms with Crippen molar-refractivity contribution in [3.05, 3.63) is 99.9 Å². The molecule has 3 aromatic rings. The molecule has 1 aliphatic rings. The second-order valence-electron chi connectivity index (χ2n) is 8.15. The minimum atomic E-state index is -0.506. The summed E-state index contributed by atoms with van der Waals surface area (Å²) in [4.78, 5) is 12.7. The number of unbranched alkanes of at least 4 members (excludes halogenated alkanes) is 2. The second-order valence-corrected chi connectivity index (χ2v) is 8.58. The van der Waals surface area contributed by atoms with E-state index in [1.807, 2.05) is 12.1 Å². The number of benzene rings is 3. The Morgan fingerprint density at radius 1 is 1.06 bits per heavy atom. The summed E-state index contributed by atoms with van der Waals surface area (Å²) in [5.41, 5.74) is 8.35. The molecular weight excluding hydrogens is 464 g/mol. The summed E-state index contributed by atoms with van der Waals surface area (Å²) in [5, 5.41) is 10.3. The highest BCUT2D eigenvalue weighted by Gasteiger charge is 2.31. The van der Waals surface area contributed by atoms with E-state index >= 15 is 0 Å². The van der Waals surface area contributed by atoms with Crippen LogP contribution in [0.4, 0.5) is 0 Å². The van der Waals surface area contributed by atoms with Crippen LogP contribution in [0.3, 0.4) is 0 Å². The standard InChI is InChI=1S/C28H25ClN2O4/c1-2-3-4-15-33-21-11-7-19(8-12-21)28(32)34-22-13-14-23-25(16-22)35-27(31)24(17-30)26(23)18-5-9-20(29)10-6-18/h5-14,16,26H,2-4,15,31H2,1H3. The van der Waals surface area contributed by atoms with Gasteiger partial charge in [-0.2, -0.15) is 5.26 Å². The number of esters is 1. The van der Waals surface area contributed by atoms with Crippen LogP contribution in [0.5, 0.6) is 17.2 Å². The predicted molar refractivity (Wildman–Crippen MR) is 134 cm³/mol. The topological polar surface area (TPSA) is 94.6 Å². The number of rotatable bonds is 8. The van der Waals surface area contributed by atoms with Crippen molar-refractivity contribution in [3.8, 4) is 23.3 Å². The van der Waals surface area contributed by atoms with E-state index in [1.165, 1.54) is 0 Å². The largest absolute Gasteiger partial charge is 0.494 e. The van der Waals surface area contributed by atoms with E-state index in [0.29, 0.717) is 40.0 Å². The number of carbonyl (C=O) groups is 1. The zero-order chi connectivity index (χ0) is 24.8. The van der Waals surface area contributed by atoms with Gasteiger partial charge in [-0.3, -0.25) is 0 Å². The first-order chi connectivity index (χ1) is 17.0. The van der Waals surface area contributed by atoms with Gasteiger partial charge in [0.05, 0.1) is 18.1 Å². The molecule has 0 aliphatic carbocycles. The molecule has 4 rings (SSSR count). The first kappa shape index (κ1) is 24.2. The highest BCUT2D eigenvalue weighted by Crippen LogP contribution is 2.43. The number of nitrogens with zero attached hydrogens (tertiary/aromatic N) is 1. The minimum Gasteiger partial charge on any atom is -0.494 e. The number of hydrogen-bond donors (Lipinski definition) is 1. The molecule has 1 heterocycles. The molecule has 1 atom stereocenters. The van der Waals surface area contributed by atoms with Crippen molar-refractivity contribution in [1.29, 1.82) is 5.26 Å². The minimum absolute atomic E-state index is 0.0120. The highest BCUT2D eigenvalue weighted by molar-refractivity contribution is 6.30. The number of ether oxygens (including phenoxy) is 3. The third-order valence-corrected chi connectivity index (χ3v) is 5.96. The van der Waals surface area contributed by atoms with Gasteiger partial charge in [-0.05, 0) is 54.4 Å². The Kier molecular flexibility index (Phi) is 7.59. The Bertz CT molecular complexity index is 1280. The van der Waals surface area contributed by atoms with Crippen molar-refractivity contribution in [2.75, 3.05) is 6.61 Å². The van der Waals surface area contributed by atoms with Crippen LogP contribution >= 0.6 is 11.6 Å². The van der Waals surface area contributed by atoms with Crippen LogP contribution in [0.2, 0.25) is 5.02 Å². The fourth-order valence-electron chi connectivity index (χ4n) is 3.89. The van der Waals surface area contributed by atoms with Crippen molar-refractivity contribution < 1.29 is 19.0 Å². The van der Waals surface area contributed by atoms with E-state index < -0.39 is 11.9 Å². The molecule has 6 nitrogen and oxygen atoms in total. The lowest BCUT2D eigenvalue weighted by atomic mass is 9.83. The molecule has 0 fully saturated rings. The summed E-state index contributed by atoms with van der Waals surface area (Å²) < 4.78 is 17.0. The van der Waals surface area contributed by atoms with E-state index in [-0.39, 0.29) is 5.88 Å². The molecule has 0 saturated heterocycles. The van der Waals surface area contributed by atoms with Gasteiger partial charge in [0.15, 0.2) is 0 Å². The molecule has 0 aromatic heterocycles. The smallest absolute Gasteiger partial charge is 0.343 e. The Balaban J connectivity index is 1.51.